The number of ether oxygens (including phenoxy) is 1. The first-order valence-corrected chi connectivity index (χ1v) is 6.95. The van der Waals surface area contributed by atoms with E-state index in [0.717, 1.165) is 22.2 Å². The van der Waals surface area contributed by atoms with Crippen molar-refractivity contribution >= 4 is 27.5 Å². The van der Waals surface area contributed by atoms with Crippen molar-refractivity contribution in [3.63, 3.8) is 0 Å². The molecular weight excluding hydrogens is 312 g/mol. The van der Waals surface area contributed by atoms with Gasteiger partial charge in [-0.15, -0.1) is 11.6 Å². The number of alkyl halides is 1. The van der Waals surface area contributed by atoms with E-state index in [1.807, 2.05) is 36.4 Å². The normalized spacial score (nSPS) is 12.2. The maximum atomic E-state index is 6.48. The average molecular weight is 326 g/mol. The highest BCUT2D eigenvalue weighted by molar-refractivity contribution is 9.10. The number of hydrogen-bond donors (Lipinski definition) is 0. The van der Waals surface area contributed by atoms with Gasteiger partial charge in [-0.3, -0.25) is 0 Å². The number of rotatable bonds is 4. The summed E-state index contributed by atoms with van der Waals surface area (Å²) in [5, 5.41) is -0.0875. The van der Waals surface area contributed by atoms with Gasteiger partial charge < -0.3 is 4.74 Å². The number of halogens is 2. The molecule has 2 aromatic carbocycles. The Bertz CT molecular complexity index is 527. The van der Waals surface area contributed by atoms with E-state index in [1.54, 1.807) is 7.11 Å². The van der Waals surface area contributed by atoms with Crippen LogP contribution < -0.4 is 4.74 Å². The molecule has 2 aromatic rings. The molecule has 1 nitrogen and oxygen atoms in total. The minimum absolute atomic E-state index is 0.0875. The first-order chi connectivity index (χ1) is 8.70. The van der Waals surface area contributed by atoms with E-state index in [2.05, 4.69) is 28.1 Å². The smallest absolute Gasteiger partial charge is 0.123 e. The molecule has 0 saturated heterocycles. The summed E-state index contributed by atoms with van der Waals surface area (Å²) in [5.41, 5.74) is 2.23. The van der Waals surface area contributed by atoms with Crippen LogP contribution in [0.5, 0.6) is 5.75 Å². The fourth-order valence-corrected chi connectivity index (χ4v) is 2.71. The fourth-order valence-electron chi connectivity index (χ4n) is 1.91. The molecule has 0 N–H and O–H groups in total. The zero-order valence-electron chi connectivity index (χ0n) is 10.1. The molecule has 0 aliphatic carbocycles. The minimum Gasteiger partial charge on any atom is -0.496 e. The van der Waals surface area contributed by atoms with Crippen LogP contribution in [0.15, 0.2) is 53.0 Å². The molecule has 0 radical (unpaired) electrons. The molecule has 0 bridgehead atoms. The van der Waals surface area contributed by atoms with Gasteiger partial charge in [0, 0.05) is 10.0 Å². The molecule has 18 heavy (non-hydrogen) atoms. The van der Waals surface area contributed by atoms with Gasteiger partial charge in [0.25, 0.3) is 0 Å². The summed E-state index contributed by atoms with van der Waals surface area (Å²) in [6, 6.07) is 16.1. The van der Waals surface area contributed by atoms with E-state index < -0.39 is 0 Å². The Balaban J connectivity index is 2.19. The van der Waals surface area contributed by atoms with Crippen LogP contribution in [0.4, 0.5) is 0 Å². The van der Waals surface area contributed by atoms with Crippen molar-refractivity contribution in [2.75, 3.05) is 7.11 Å². The third-order valence-electron chi connectivity index (χ3n) is 2.78. The second-order valence-electron chi connectivity index (χ2n) is 4.04. The van der Waals surface area contributed by atoms with Gasteiger partial charge in [0.05, 0.1) is 12.5 Å². The van der Waals surface area contributed by atoms with Crippen LogP contribution in [0.3, 0.4) is 0 Å². The Hall–Kier alpha value is -0.990. The molecule has 0 saturated carbocycles. The fraction of sp³-hybridized carbons (Fsp3) is 0.200. The topological polar surface area (TPSA) is 9.23 Å². The zero-order chi connectivity index (χ0) is 13.0. The predicted molar refractivity (Wildman–Crippen MR) is 79.4 cm³/mol. The van der Waals surface area contributed by atoms with Gasteiger partial charge in [-0.1, -0.05) is 46.3 Å². The van der Waals surface area contributed by atoms with Crippen molar-refractivity contribution in [2.45, 2.75) is 11.8 Å². The summed E-state index contributed by atoms with van der Waals surface area (Å²) in [6.45, 7) is 0. The number of para-hydroxylation sites is 1. The maximum Gasteiger partial charge on any atom is 0.123 e. The van der Waals surface area contributed by atoms with Crippen molar-refractivity contribution in [2.24, 2.45) is 0 Å². The number of methoxy groups -OCH3 is 1. The molecule has 0 aliphatic heterocycles. The SMILES string of the molecule is COc1ccccc1C(Cl)Cc1cccc(Br)c1. The van der Waals surface area contributed by atoms with Crippen molar-refractivity contribution in [1.29, 1.82) is 0 Å². The maximum absolute atomic E-state index is 6.48. The van der Waals surface area contributed by atoms with Crippen molar-refractivity contribution < 1.29 is 4.74 Å². The first kappa shape index (κ1) is 13.4. The lowest BCUT2D eigenvalue weighted by Gasteiger charge is -2.14. The molecule has 2 rings (SSSR count). The highest BCUT2D eigenvalue weighted by Crippen LogP contribution is 2.32. The largest absolute Gasteiger partial charge is 0.496 e. The third-order valence-corrected chi connectivity index (χ3v) is 3.66. The molecule has 0 heterocycles. The number of benzene rings is 2. The summed E-state index contributed by atoms with van der Waals surface area (Å²) >= 11 is 9.95. The predicted octanol–water partition coefficient (Wildman–Crippen LogP) is 4.98. The zero-order valence-corrected chi connectivity index (χ0v) is 12.4. The molecule has 94 valence electrons. The molecule has 1 unspecified atom stereocenters. The summed E-state index contributed by atoms with van der Waals surface area (Å²) in [5.74, 6) is 0.840. The lowest BCUT2D eigenvalue weighted by Crippen LogP contribution is -1.99. The van der Waals surface area contributed by atoms with E-state index in [4.69, 9.17) is 16.3 Å². The monoisotopic (exact) mass is 324 g/mol. The second kappa shape index (κ2) is 6.26. The van der Waals surface area contributed by atoms with Gasteiger partial charge in [0.2, 0.25) is 0 Å². The highest BCUT2D eigenvalue weighted by atomic mass is 79.9. The van der Waals surface area contributed by atoms with Crippen molar-refractivity contribution in [1.82, 2.24) is 0 Å². The van der Waals surface area contributed by atoms with Gasteiger partial charge in [0.15, 0.2) is 0 Å². The Labute approximate surface area is 121 Å². The lowest BCUT2D eigenvalue weighted by molar-refractivity contribution is 0.409. The van der Waals surface area contributed by atoms with E-state index in [-0.39, 0.29) is 5.38 Å². The molecule has 0 aromatic heterocycles. The van der Waals surface area contributed by atoms with Gasteiger partial charge in [-0.25, -0.2) is 0 Å². The minimum atomic E-state index is -0.0875. The standard InChI is InChI=1S/C15H14BrClO/c1-18-15-8-3-2-7-13(15)14(17)10-11-5-4-6-12(16)9-11/h2-9,14H,10H2,1H3. The Kier molecular flexibility index (Phi) is 4.67. The third kappa shape index (κ3) is 3.27. The summed E-state index contributed by atoms with van der Waals surface area (Å²) in [6.07, 6.45) is 0.779. The van der Waals surface area contributed by atoms with Crippen molar-refractivity contribution in [3.05, 3.63) is 64.1 Å². The van der Waals surface area contributed by atoms with Gasteiger partial charge in [-0.2, -0.15) is 0 Å². The van der Waals surface area contributed by atoms with Crippen LogP contribution in [-0.2, 0) is 6.42 Å². The van der Waals surface area contributed by atoms with Crippen LogP contribution >= 0.6 is 27.5 Å². The molecule has 0 fully saturated rings. The van der Waals surface area contributed by atoms with E-state index in [1.165, 1.54) is 5.56 Å². The van der Waals surface area contributed by atoms with Gasteiger partial charge in [-0.05, 0) is 30.2 Å². The van der Waals surface area contributed by atoms with E-state index >= 15 is 0 Å². The first-order valence-electron chi connectivity index (χ1n) is 5.72. The Morgan fingerprint density at radius 2 is 1.94 bits per heavy atom. The van der Waals surface area contributed by atoms with Gasteiger partial charge in [0.1, 0.15) is 5.75 Å². The average Bonchev–Trinajstić information content (AvgIpc) is 2.38. The molecular formula is C15H14BrClO. The van der Waals surface area contributed by atoms with Crippen LogP contribution in [0.25, 0.3) is 0 Å². The molecule has 0 amide bonds. The van der Waals surface area contributed by atoms with Crippen LogP contribution in [0.2, 0.25) is 0 Å². The van der Waals surface area contributed by atoms with Crippen molar-refractivity contribution in [3.8, 4) is 5.75 Å². The molecule has 0 spiro atoms. The van der Waals surface area contributed by atoms with E-state index in [0.29, 0.717) is 0 Å². The number of hydrogen-bond acceptors (Lipinski definition) is 1. The lowest BCUT2D eigenvalue weighted by atomic mass is 10.0. The van der Waals surface area contributed by atoms with Crippen LogP contribution in [-0.4, -0.2) is 7.11 Å². The molecule has 3 heteroatoms. The second-order valence-corrected chi connectivity index (χ2v) is 5.49. The van der Waals surface area contributed by atoms with Crippen LogP contribution in [0, 0.1) is 0 Å². The molecule has 0 aliphatic rings. The van der Waals surface area contributed by atoms with Gasteiger partial charge >= 0.3 is 0 Å². The Morgan fingerprint density at radius 1 is 1.17 bits per heavy atom. The van der Waals surface area contributed by atoms with Crippen LogP contribution in [0.1, 0.15) is 16.5 Å². The summed E-state index contributed by atoms with van der Waals surface area (Å²) < 4.78 is 6.41. The Morgan fingerprint density at radius 3 is 2.67 bits per heavy atom. The quantitative estimate of drug-likeness (QED) is 0.720. The summed E-state index contributed by atoms with van der Waals surface area (Å²) in [4.78, 5) is 0. The summed E-state index contributed by atoms with van der Waals surface area (Å²) in [7, 11) is 1.67. The highest BCUT2D eigenvalue weighted by Gasteiger charge is 2.13. The van der Waals surface area contributed by atoms with E-state index in [9.17, 15) is 0 Å². The molecule has 1 atom stereocenters.